The van der Waals surface area contributed by atoms with E-state index in [9.17, 15) is 4.79 Å². The van der Waals surface area contributed by atoms with Gasteiger partial charge in [0.2, 0.25) is 5.91 Å². The first-order valence-electron chi connectivity index (χ1n) is 4.28. The third-order valence-electron chi connectivity index (χ3n) is 2.54. The van der Waals surface area contributed by atoms with Crippen LogP contribution in [0.1, 0.15) is 6.42 Å². The van der Waals surface area contributed by atoms with Gasteiger partial charge in [0.25, 0.3) is 0 Å². The Hall–Kier alpha value is -0.740. The normalized spacial score (nSPS) is 37.0. The van der Waals surface area contributed by atoms with E-state index in [1.165, 1.54) is 4.91 Å². The Kier molecular flexibility index (Phi) is 2.17. The topological polar surface area (TPSA) is 69.1 Å². The average Bonchev–Trinajstić information content (AvgIpc) is 2.39. The molecule has 0 spiro atoms. The lowest BCUT2D eigenvalue weighted by molar-refractivity contribution is -0.122. The van der Waals surface area contributed by atoms with E-state index in [1.54, 1.807) is 11.8 Å². The van der Waals surface area contributed by atoms with Gasteiger partial charge in [-0.15, -0.1) is 11.8 Å². The van der Waals surface area contributed by atoms with Gasteiger partial charge in [-0.3, -0.25) is 4.79 Å². The van der Waals surface area contributed by atoms with Crippen molar-refractivity contribution in [3.05, 3.63) is 23.1 Å². The smallest absolute Gasteiger partial charge is 0.223 e. The van der Waals surface area contributed by atoms with Crippen LogP contribution in [-0.2, 0) is 4.79 Å². The molecule has 13 heavy (non-hydrogen) atoms. The van der Waals surface area contributed by atoms with Gasteiger partial charge in [-0.2, -0.15) is 0 Å². The number of nitrogens with two attached hydrogens (primary N) is 2. The van der Waals surface area contributed by atoms with Crippen LogP contribution in [-0.4, -0.2) is 11.3 Å². The molecule has 3 unspecified atom stereocenters. The lowest BCUT2D eigenvalue weighted by Crippen LogP contribution is -2.37. The molecule has 4 heteroatoms. The predicted molar refractivity (Wildman–Crippen MR) is 53.6 cm³/mol. The number of hydrogen-bond acceptors (Lipinski definition) is 3. The molecule has 0 saturated carbocycles. The molecule has 2 aliphatic rings. The lowest BCUT2D eigenvalue weighted by Gasteiger charge is -2.18. The van der Waals surface area contributed by atoms with Gasteiger partial charge in [-0.05, 0) is 11.3 Å². The molecule has 1 aliphatic carbocycles. The molecule has 3 atom stereocenters. The van der Waals surface area contributed by atoms with E-state index in [2.05, 4.69) is 6.08 Å². The van der Waals surface area contributed by atoms with Crippen LogP contribution < -0.4 is 11.5 Å². The first-order chi connectivity index (χ1) is 6.20. The Bertz CT molecular complexity index is 298. The van der Waals surface area contributed by atoms with Crippen LogP contribution >= 0.6 is 11.8 Å². The number of thioether (sulfide) groups is 1. The maximum atomic E-state index is 11.1. The van der Waals surface area contributed by atoms with Crippen LogP contribution in [0.25, 0.3) is 0 Å². The van der Waals surface area contributed by atoms with Crippen molar-refractivity contribution in [2.75, 3.05) is 0 Å². The summed E-state index contributed by atoms with van der Waals surface area (Å²) in [7, 11) is 0. The molecular weight excluding hydrogens is 184 g/mol. The van der Waals surface area contributed by atoms with Crippen molar-refractivity contribution in [2.24, 2.45) is 23.3 Å². The molecule has 0 bridgehead atoms. The third kappa shape index (κ3) is 1.40. The van der Waals surface area contributed by atoms with E-state index in [-0.39, 0.29) is 23.1 Å². The molecule has 70 valence electrons. The first kappa shape index (κ1) is 8.84. The zero-order valence-corrected chi connectivity index (χ0v) is 7.96. The van der Waals surface area contributed by atoms with Crippen molar-refractivity contribution in [3.8, 4) is 0 Å². The number of rotatable bonds is 1. The summed E-state index contributed by atoms with van der Waals surface area (Å²) in [6.07, 6.45) is 6.99. The largest absolute Gasteiger partial charge is 0.369 e. The molecule has 4 N–H and O–H groups in total. The lowest BCUT2D eigenvalue weighted by atomic mass is 9.86. The molecule has 0 aromatic rings. The third-order valence-corrected chi connectivity index (χ3v) is 3.82. The standard InChI is InChI=1S/C9H12N2OS/c10-8(12)7-5-3-1-2-4-6(5)13-9(7)11/h1-2,4-5,7,9H,3,11H2,(H2,10,12). The van der Waals surface area contributed by atoms with Crippen LogP contribution in [0, 0.1) is 11.8 Å². The molecule has 2 rings (SSSR count). The average molecular weight is 196 g/mol. The van der Waals surface area contributed by atoms with Gasteiger partial charge in [0.05, 0.1) is 11.3 Å². The number of hydrogen-bond donors (Lipinski definition) is 2. The molecule has 1 aliphatic heterocycles. The fraction of sp³-hybridized carbons (Fsp3) is 0.444. The highest BCUT2D eigenvalue weighted by atomic mass is 32.2. The molecule has 1 saturated heterocycles. The Morgan fingerprint density at radius 2 is 2.38 bits per heavy atom. The van der Waals surface area contributed by atoms with Crippen LogP contribution in [0.2, 0.25) is 0 Å². The summed E-state index contributed by atoms with van der Waals surface area (Å²) < 4.78 is 0. The predicted octanol–water partition coefficient (Wildman–Crippen LogP) is 0.580. The summed E-state index contributed by atoms with van der Waals surface area (Å²) >= 11 is 1.57. The van der Waals surface area contributed by atoms with Crippen LogP contribution in [0.3, 0.4) is 0 Å². The minimum Gasteiger partial charge on any atom is -0.369 e. The quantitative estimate of drug-likeness (QED) is 0.644. The van der Waals surface area contributed by atoms with E-state index in [0.717, 1.165) is 6.42 Å². The number of allylic oxidation sites excluding steroid dienone is 4. The summed E-state index contributed by atoms with van der Waals surface area (Å²) in [4.78, 5) is 12.4. The summed E-state index contributed by atoms with van der Waals surface area (Å²) in [5.41, 5.74) is 11.1. The van der Waals surface area contributed by atoms with E-state index in [0.29, 0.717) is 0 Å². The number of carbonyl (C=O) groups excluding carboxylic acids is 1. The maximum absolute atomic E-state index is 11.1. The Morgan fingerprint density at radius 3 is 3.08 bits per heavy atom. The van der Waals surface area contributed by atoms with Gasteiger partial charge < -0.3 is 11.5 Å². The van der Waals surface area contributed by atoms with Crippen molar-refractivity contribution < 1.29 is 4.79 Å². The molecule has 1 fully saturated rings. The van der Waals surface area contributed by atoms with Gasteiger partial charge >= 0.3 is 0 Å². The van der Waals surface area contributed by atoms with Crippen LogP contribution in [0.4, 0.5) is 0 Å². The number of fused-ring (bicyclic) bond motifs is 1. The fourth-order valence-corrected chi connectivity index (χ4v) is 3.26. The summed E-state index contributed by atoms with van der Waals surface area (Å²) in [5, 5.41) is -0.159. The highest BCUT2D eigenvalue weighted by Gasteiger charge is 2.41. The molecular formula is C9H12N2OS. The van der Waals surface area contributed by atoms with E-state index >= 15 is 0 Å². The van der Waals surface area contributed by atoms with Crippen LogP contribution in [0.15, 0.2) is 23.1 Å². The van der Waals surface area contributed by atoms with Gasteiger partial charge in [-0.25, -0.2) is 0 Å². The first-order valence-corrected chi connectivity index (χ1v) is 5.16. The van der Waals surface area contributed by atoms with Crippen molar-refractivity contribution in [2.45, 2.75) is 11.8 Å². The van der Waals surface area contributed by atoms with Gasteiger partial charge in [0, 0.05) is 5.92 Å². The highest BCUT2D eigenvalue weighted by Crippen LogP contribution is 2.47. The Balaban J connectivity index is 2.27. The van der Waals surface area contributed by atoms with Crippen LogP contribution in [0.5, 0.6) is 0 Å². The summed E-state index contributed by atoms with van der Waals surface area (Å²) in [5.74, 6) is -0.229. The Labute approximate surface area is 81.2 Å². The summed E-state index contributed by atoms with van der Waals surface area (Å²) in [6, 6.07) is 0. The fourth-order valence-electron chi connectivity index (χ4n) is 1.90. The van der Waals surface area contributed by atoms with Crippen molar-refractivity contribution in [3.63, 3.8) is 0 Å². The molecule has 1 amide bonds. The number of amides is 1. The van der Waals surface area contributed by atoms with Crippen molar-refractivity contribution in [1.29, 1.82) is 0 Å². The SMILES string of the molecule is NC(=O)C1C(N)SC2=CC=CCC21. The molecule has 0 aromatic heterocycles. The monoisotopic (exact) mass is 196 g/mol. The van der Waals surface area contributed by atoms with Gasteiger partial charge in [0.15, 0.2) is 0 Å². The minimum atomic E-state index is -0.274. The van der Waals surface area contributed by atoms with E-state index in [4.69, 9.17) is 11.5 Å². The van der Waals surface area contributed by atoms with Gasteiger partial charge in [-0.1, -0.05) is 18.2 Å². The molecule has 0 radical (unpaired) electrons. The maximum Gasteiger partial charge on any atom is 0.223 e. The Morgan fingerprint density at radius 1 is 1.62 bits per heavy atom. The molecule has 1 heterocycles. The number of carbonyl (C=O) groups is 1. The second-order valence-corrected chi connectivity index (χ2v) is 4.60. The van der Waals surface area contributed by atoms with E-state index < -0.39 is 0 Å². The van der Waals surface area contributed by atoms with Crippen molar-refractivity contribution >= 4 is 17.7 Å². The second-order valence-electron chi connectivity index (χ2n) is 3.35. The zero-order chi connectivity index (χ0) is 9.42. The van der Waals surface area contributed by atoms with Crippen molar-refractivity contribution in [1.82, 2.24) is 0 Å². The van der Waals surface area contributed by atoms with E-state index in [1.807, 2.05) is 12.2 Å². The second kappa shape index (κ2) is 3.20. The summed E-state index contributed by atoms with van der Waals surface area (Å²) in [6.45, 7) is 0. The van der Waals surface area contributed by atoms with Gasteiger partial charge in [0.1, 0.15) is 0 Å². The highest BCUT2D eigenvalue weighted by molar-refractivity contribution is 8.04. The zero-order valence-electron chi connectivity index (χ0n) is 7.14. The molecule has 3 nitrogen and oxygen atoms in total. The molecule has 0 aromatic carbocycles. The number of primary amides is 1. The minimum absolute atomic E-state index is 0.159.